The third kappa shape index (κ3) is 6.65. The van der Waals surface area contributed by atoms with E-state index in [2.05, 4.69) is 15.2 Å². The lowest BCUT2D eigenvalue weighted by Crippen LogP contribution is -2.46. The quantitative estimate of drug-likeness (QED) is 0.236. The molecule has 0 atom stereocenters. The molecular weight excluding hydrogens is 634 g/mol. The highest BCUT2D eigenvalue weighted by molar-refractivity contribution is 7.89. The van der Waals surface area contributed by atoms with Gasteiger partial charge in [0.2, 0.25) is 10.0 Å². The highest BCUT2D eigenvalue weighted by Gasteiger charge is 2.35. The molecule has 1 fully saturated rings. The fourth-order valence-corrected chi connectivity index (χ4v) is 7.61. The molecule has 2 aliphatic heterocycles. The maximum atomic E-state index is 13.2. The van der Waals surface area contributed by atoms with E-state index >= 15 is 0 Å². The Balaban J connectivity index is 1.09. The lowest BCUT2D eigenvalue weighted by molar-refractivity contribution is -0.138. The standard InChI is InChI=1S/C32H30F6N4O3S/c33-31(34,35)22-7-4-20(5-8-22)18-41-13-12-29-27(19-41)26-16-21(6-9-28(26)40-29)30(43)39-24-10-14-42(15-11-24)46(44,45)25-3-1-2-23(17-25)32(36,37)38/h1-9,16-17,24,40H,10-15,18-19H2,(H,39,43). The van der Waals surface area contributed by atoms with Gasteiger partial charge in [-0.15, -0.1) is 0 Å². The van der Waals surface area contributed by atoms with Crippen molar-refractivity contribution >= 4 is 26.8 Å². The molecule has 3 heterocycles. The Labute approximate surface area is 261 Å². The molecule has 7 nitrogen and oxygen atoms in total. The number of rotatable bonds is 6. The van der Waals surface area contributed by atoms with E-state index in [1.807, 2.05) is 6.07 Å². The maximum Gasteiger partial charge on any atom is 0.416 e. The summed E-state index contributed by atoms with van der Waals surface area (Å²) in [6.45, 7) is 1.84. The predicted octanol–water partition coefficient (Wildman–Crippen LogP) is 6.35. The number of alkyl halides is 6. The van der Waals surface area contributed by atoms with Gasteiger partial charge in [-0.1, -0.05) is 18.2 Å². The number of H-pyrrole nitrogens is 1. The number of aromatic amines is 1. The highest BCUT2D eigenvalue weighted by Crippen LogP contribution is 2.33. The van der Waals surface area contributed by atoms with Crippen LogP contribution in [0.3, 0.4) is 0 Å². The SMILES string of the molecule is O=C(NC1CCN(S(=O)(=O)c2cccc(C(F)(F)F)c2)CC1)c1ccc2[nH]c3c(c2c1)CN(Cc1ccc(C(F)(F)F)cc1)CC3. The average Bonchev–Trinajstić information content (AvgIpc) is 3.38. The predicted molar refractivity (Wildman–Crippen MR) is 158 cm³/mol. The number of nitrogens with zero attached hydrogens (tertiary/aromatic N) is 2. The molecule has 3 aromatic carbocycles. The second-order valence-corrected chi connectivity index (χ2v) is 13.6. The number of amides is 1. The van der Waals surface area contributed by atoms with Crippen LogP contribution in [0.25, 0.3) is 10.9 Å². The smallest absolute Gasteiger partial charge is 0.358 e. The number of carbonyl (C=O) groups is 1. The van der Waals surface area contributed by atoms with Gasteiger partial charge in [-0.2, -0.15) is 30.6 Å². The number of fused-ring (bicyclic) bond motifs is 3. The van der Waals surface area contributed by atoms with Crippen molar-refractivity contribution in [1.29, 1.82) is 0 Å². The van der Waals surface area contributed by atoms with Gasteiger partial charge in [0.15, 0.2) is 0 Å². The number of aromatic nitrogens is 1. The second kappa shape index (κ2) is 12.0. The van der Waals surface area contributed by atoms with Crippen LogP contribution in [0.15, 0.2) is 71.6 Å². The van der Waals surface area contributed by atoms with E-state index in [9.17, 15) is 39.6 Å². The number of benzene rings is 3. The Morgan fingerprint density at radius 2 is 1.57 bits per heavy atom. The molecular formula is C32H30F6N4O3S. The summed E-state index contributed by atoms with van der Waals surface area (Å²) in [7, 11) is -4.14. The third-order valence-electron chi connectivity index (χ3n) is 8.59. The van der Waals surface area contributed by atoms with Crippen molar-refractivity contribution in [3.05, 3.63) is 100 Å². The molecule has 0 aliphatic carbocycles. The van der Waals surface area contributed by atoms with Gasteiger partial charge in [0.05, 0.1) is 16.0 Å². The van der Waals surface area contributed by atoms with Crippen molar-refractivity contribution in [2.75, 3.05) is 19.6 Å². The number of nitrogens with one attached hydrogen (secondary N) is 2. The maximum absolute atomic E-state index is 13.2. The van der Waals surface area contributed by atoms with Gasteiger partial charge < -0.3 is 10.3 Å². The van der Waals surface area contributed by atoms with Crippen molar-refractivity contribution in [2.45, 2.75) is 55.6 Å². The Bertz CT molecular complexity index is 1860. The Morgan fingerprint density at radius 1 is 0.870 bits per heavy atom. The number of carbonyl (C=O) groups excluding carboxylic acids is 1. The molecule has 0 saturated carbocycles. The van der Waals surface area contributed by atoms with Crippen molar-refractivity contribution in [3.8, 4) is 0 Å². The lowest BCUT2D eigenvalue weighted by atomic mass is 10.0. The first-order chi connectivity index (χ1) is 21.7. The van der Waals surface area contributed by atoms with Crippen molar-refractivity contribution < 1.29 is 39.6 Å². The van der Waals surface area contributed by atoms with Crippen LogP contribution in [0, 0.1) is 0 Å². The molecule has 0 radical (unpaired) electrons. The minimum atomic E-state index is -4.67. The van der Waals surface area contributed by atoms with Gasteiger partial charge >= 0.3 is 12.4 Å². The molecule has 4 aromatic rings. The fraction of sp³-hybridized carbons (Fsp3) is 0.344. The topological polar surface area (TPSA) is 85.5 Å². The zero-order chi connectivity index (χ0) is 32.9. The molecule has 244 valence electrons. The second-order valence-electron chi connectivity index (χ2n) is 11.7. The summed E-state index contributed by atoms with van der Waals surface area (Å²) in [5.41, 5.74) is 2.40. The highest BCUT2D eigenvalue weighted by atomic mass is 32.2. The molecule has 0 bridgehead atoms. The molecule has 1 aromatic heterocycles. The van der Waals surface area contributed by atoms with Gasteiger partial charge in [-0.05, 0) is 72.5 Å². The summed E-state index contributed by atoms with van der Waals surface area (Å²) in [5.74, 6) is -0.326. The third-order valence-corrected chi connectivity index (χ3v) is 10.5. The van der Waals surface area contributed by atoms with Gasteiger partial charge in [0, 0.05) is 67.3 Å². The van der Waals surface area contributed by atoms with Gasteiger partial charge in [-0.25, -0.2) is 8.42 Å². The molecule has 2 N–H and O–H groups in total. The van der Waals surface area contributed by atoms with Crippen LogP contribution in [0.2, 0.25) is 0 Å². The minimum absolute atomic E-state index is 0.0443. The van der Waals surface area contributed by atoms with Crippen molar-refractivity contribution in [2.24, 2.45) is 0 Å². The van der Waals surface area contributed by atoms with Crippen LogP contribution in [0.5, 0.6) is 0 Å². The summed E-state index contributed by atoms with van der Waals surface area (Å²) in [4.78, 5) is 18.4. The van der Waals surface area contributed by atoms with Crippen LogP contribution in [0.4, 0.5) is 26.3 Å². The van der Waals surface area contributed by atoms with Gasteiger partial charge in [-0.3, -0.25) is 9.69 Å². The molecule has 6 rings (SSSR count). The van der Waals surface area contributed by atoms with Gasteiger partial charge in [0.25, 0.3) is 5.91 Å². The van der Waals surface area contributed by atoms with E-state index in [0.717, 1.165) is 68.9 Å². The first-order valence-corrected chi connectivity index (χ1v) is 16.1. The van der Waals surface area contributed by atoms with Crippen LogP contribution in [-0.4, -0.2) is 54.2 Å². The lowest BCUT2D eigenvalue weighted by Gasteiger charge is -2.31. The van der Waals surface area contributed by atoms with Crippen LogP contribution < -0.4 is 5.32 Å². The first kappa shape index (κ1) is 32.1. The summed E-state index contributed by atoms with van der Waals surface area (Å²) in [6.07, 6.45) is -7.75. The van der Waals surface area contributed by atoms with E-state index in [1.54, 1.807) is 12.1 Å². The number of hydrogen-bond donors (Lipinski definition) is 2. The van der Waals surface area contributed by atoms with E-state index in [-0.39, 0.29) is 25.0 Å². The zero-order valence-corrected chi connectivity index (χ0v) is 25.2. The first-order valence-electron chi connectivity index (χ1n) is 14.7. The zero-order valence-electron chi connectivity index (χ0n) is 24.4. The molecule has 0 spiro atoms. The normalized spacial score (nSPS) is 17.3. The average molecular weight is 665 g/mol. The summed E-state index contributed by atoms with van der Waals surface area (Å²) in [6, 6.07) is 13.8. The van der Waals surface area contributed by atoms with E-state index in [0.29, 0.717) is 44.0 Å². The Kier molecular flexibility index (Phi) is 8.40. The number of halogens is 6. The van der Waals surface area contributed by atoms with E-state index in [1.165, 1.54) is 12.1 Å². The molecule has 14 heteroatoms. The monoisotopic (exact) mass is 664 g/mol. The number of piperidine rings is 1. The van der Waals surface area contributed by atoms with Crippen molar-refractivity contribution in [1.82, 2.24) is 19.5 Å². The van der Waals surface area contributed by atoms with Crippen LogP contribution in [0.1, 0.15) is 51.1 Å². The Hall–Kier alpha value is -3.88. The fourth-order valence-electron chi connectivity index (χ4n) is 6.09. The molecule has 0 unspecified atom stereocenters. The minimum Gasteiger partial charge on any atom is -0.358 e. The summed E-state index contributed by atoms with van der Waals surface area (Å²) < 4.78 is 105. The van der Waals surface area contributed by atoms with E-state index < -0.39 is 38.4 Å². The molecule has 2 aliphatic rings. The summed E-state index contributed by atoms with van der Waals surface area (Å²) >= 11 is 0. The molecule has 1 saturated heterocycles. The van der Waals surface area contributed by atoms with Gasteiger partial charge in [0.1, 0.15) is 0 Å². The molecule has 1 amide bonds. The largest absolute Gasteiger partial charge is 0.416 e. The Morgan fingerprint density at radius 3 is 2.24 bits per heavy atom. The van der Waals surface area contributed by atoms with Crippen LogP contribution >= 0.6 is 0 Å². The number of sulfonamides is 1. The van der Waals surface area contributed by atoms with Crippen LogP contribution in [-0.2, 0) is 41.9 Å². The summed E-state index contributed by atoms with van der Waals surface area (Å²) in [5, 5.41) is 3.84. The van der Waals surface area contributed by atoms with E-state index in [4.69, 9.17) is 0 Å². The van der Waals surface area contributed by atoms with Crippen molar-refractivity contribution in [3.63, 3.8) is 0 Å². The number of hydrogen-bond acceptors (Lipinski definition) is 4. The molecule has 46 heavy (non-hydrogen) atoms.